The first kappa shape index (κ1) is 25.7. The smallest absolute Gasteiger partial charge is 0.255 e. The van der Waals surface area contributed by atoms with Crippen LogP contribution in [-0.4, -0.2) is 42.9 Å². The number of benzene rings is 2. The van der Waals surface area contributed by atoms with Crippen LogP contribution in [0, 0.1) is 0 Å². The van der Waals surface area contributed by atoms with Gasteiger partial charge in [-0.2, -0.15) is 0 Å². The largest absolute Gasteiger partial charge is 0.399 e. The van der Waals surface area contributed by atoms with E-state index in [1.165, 1.54) is 0 Å². The van der Waals surface area contributed by atoms with Gasteiger partial charge in [0.25, 0.3) is 11.8 Å². The molecule has 0 unspecified atom stereocenters. The van der Waals surface area contributed by atoms with E-state index >= 15 is 0 Å². The van der Waals surface area contributed by atoms with E-state index in [4.69, 9.17) is 5.73 Å². The van der Waals surface area contributed by atoms with Crippen molar-refractivity contribution >= 4 is 48.0 Å². The van der Waals surface area contributed by atoms with Crippen molar-refractivity contribution in [3.05, 3.63) is 59.7 Å². The van der Waals surface area contributed by atoms with Gasteiger partial charge < -0.3 is 21.3 Å². The molecule has 0 bridgehead atoms. The van der Waals surface area contributed by atoms with E-state index in [2.05, 4.69) is 29.4 Å². The van der Waals surface area contributed by atoms with Crippen LogP contribution in [0.15, 0.2) is 48.5 Å². The highest BCUT2D eigenvalue weighted by atomic mass is 35.5. The van der Waals surface area contributed by atoms with Crippen LogP contribution in [0.4, 0.5) is 11.4 Å². The Kier molecular flexibility index (Phi) is 11.9. The van der Waals surface area contributed by atoms with Crippen molar-refractivity contribution in [2.75, 3.05) is 37.2 Å². The fraction of sp³-hybridized carbons (Fsp3) is 0.300. The molecule has 0 radical (unpaired) electrons. The Hall–Kier alpha value is -2.28. The second-order valence-electron chi connectivity index (χ2n) is 5.94. The molecule has 154 valence electrons. The Morgan fingerprint density at radius 3 is 2.14 bits per heavy atom. The lowest BCUT2D eigenvalue weighted by molar-refractivity contribution is 0.0948. The van der Waals surface area contributed by atoms with Crippen LogP contribution in [0.1, 0.15) is 34.6 Å². The van der Waals surface area contributed by atoms with Gasteiger partial charge in [0.05, 0.1) is 0 Å². The summed E-state index contributed by atoms with van der Waals surface area (Å²) in [5.74, 6) is -0.361. The van der Waals surface area contributed by atoms with Crippen LogP contribution in [-0.2, 0) is 0 Å². The lowest BCUT2D eigenvalue weighted by Gasteiger charge is -2.18. The van der Waals surface area contributed by atoms with Crippen LogP contribution >= 0.6 is 24.8 Å². The summed E-state index contributed by atoms with van der Waals surface area (Å²) in [6.45, 7) is 7.56. The van der Waals surface area contributed by atoms with Crippen LogP contribution in [0.5, 0.6) is 0 Å². The van der Waals surface area contributed by atoms with Gasteiger partial charge in [-0.3, -0.25) is 9.59 Å². The number of nitrogens with zero attached hydrogens (tertiary/aromatic N) is 1. The summed E-state index contributed by atoms with van der Waals surface area (Å²) in [7, 11) is 0. The number of nitrogen functional groups attached to an aromatic ring is 1. The van der Waals surface area contributed by atoms with Gasteiger partial charge in [-0.1, -0.05) is 19.9 Å². The first-order valence-corrected chi connectivity index (χ1v) is 8.81. The van der Waals surface area contributed by atoms with E-state index in [1.807, 2.05) is 0 Å². The normalized spacial score (nSPS) is 9.82. The molecule has 0 fully saturated rings. The molecule has 2 rings (SSSR count). The zero-order valence-electron chi connectivity index (χ0n) is 16.1. The third-order valence-corrected chi connectivity index (χ3v) is 4.16. The monoisotopic (exact) mass is 426 g/mol. The highest BCUT2D eigenvalue weighted by molar-refractivity contribution is 6.05. The molecule has 0 aliphatic rings. The van der Waals surface area contributed by atoms with Crippen molar-refractivity contribution in [3.63, 3.8) is 0 Å². The molecular formula is C20H28Cl2N4O2. The van der Waals surface area contributed by atoms with E-state index in [0.29, 0.717) is 29.0 Å². The van der Waals surface area contributed by atoms with Gasteiger partial charge in [-0.05, 0) is 55.6 Å². The molecule has 0 aliphatic carbocycles. The molecule has 2 aromatic carbocycles. The third kappa shape index (κ3) is 7.76. The molecule has 0 spiro atoms. The fourth-order valence-corrected chi connectivity index (χ4v) is 2.56. The molecule has 4 N–H and O–H groups in total. The lowest BCUT2D eigenvalue weighted by atomic mass is 10.1. The number of carbonyl (C=O) groups is 2. The predicted octanol–water partition coefficient (Wildman–Crippen LogP) is 3.44. The van der Waals surface area contributed by atoms with Gasteiger partial charge in [0.2, 0.25) is 0 Å². The van der Waals surface area contributed by atoms with Gasteiger partial charge >= 0.3 is 0 Å². The number of nitrogens with one attached hydrogen (secondary N) is 2. The maximum atomic E-state index is 12.2. The molecule has 6 nitrogen and oxygen atoms in total. The van der Waals surface area contributed by atoms with E-state index in [0.717, 1.165) is 19.6 Å². The van der Waals surface area contributed by atoms with Crippen molar-refractivity contribution in [2.45, 2.75) is 13.8 Å². The average Bonchev–Trinajstić information content (AvgIpc) is 2.65. The van der Waals surface area contributed by atoms with Crippen molar-refractivity contribution < 1.29 is 9.59 Å². The number of hydrogen-bond donors (Lipinski definition) is 3. The zero-order chi connectivity index (χ0) is 18.9. The summed E-state index contributed by atoms with van der Waals surface area (Å²) < 4.78 is 0. The number of carbonyl (C=O) groups excluding carboxylic acids is 2. The fourth-order valence-electron chi connectivity index (χ4n) is 2.56. The van der Waals surface area contributed by atoms with Crippen LogP contribution in [0.25, 0.3) is 0 Å². The molecule has 0 saturated carbocycles. The SMILES string of the molecule is CCN(CC)CCNC(=O)c1ccc(NC(=O)c2cccc(N)c2)cc1.Cl.Cl. The van der Waals surface area contributed by atoms with Crippen LogP contribution < -0.4 is 16.4 Å². The van der Waals surface area contributed by atoms with E-state index in [-0.39, 0.29) is 36.6 Å². The minimum Gasteiger partial charge on any atom is -0.399 e. The molecule has 0 aromatic heterocycles. The highest BCUT2D eigenvalue weighted by Crippen LogP contribution is 2.13. The minimum atomic E-state index is -0.242. The molecule has 0 atom stereocenters. The summed E-state index contributed by atoms with van der Waals surface area (Å²) in [4.78, 5) is 26.6. The Morgan fingerprint density at radius 2 is 1.57 bits per heavy atom. The average molecular weight is 427 g/mol. The summed E-state index contributed by atoms with van der Waals surface area (Å²) in [6, 6.07) is 13.6. The highest BCUT2D eigenvalue weighted by Gasteiger charge is 2.09. The summed E-state index contributed by atoms with van der Waals surface area (Å²) in [5.41, 5.74) is 7.90. The number of anilines is 2. The van der Waals surface area contributed by atoms with Gasteiger partial charge in [0.15, 0.2) is 0 Å². The van der Waals surface area contributed by atoms with E-state index in [1.54, 1.807) is 48.5 Å². The number of hydrogen-bond acceptors (Lipinski definition) is 4. The van der Waals surface area contributed by atoms with Gasteiger partial charge in [0, 0.05) is 35.6 Å². The molecule has 8 heteroatoms. The molecule has 2 aromatic rings. The van der Waals surface area contributed by atoms with Crippen molar-refractivity contribution in [1.82, 2.24) is 10.2 Å². The first-order valence-electron chi connectivity index (χ1n) is 8.81. The molecular weight excluding hydrogens is 399 g/mol. The first-order chi connectivity index (χ1) is 12.5. The Bertz CT molecular complexity index is 750. The topological polar surface area (TPSA) is 87.5 Å². The number of rotatable bonds is 8. The molecule has 28 heavy (non-hydrogen) atoms. The van der Waals surface area contributed by atoms with E-state index < -0.39 is 0 Å². The third-order valence-electron chi connectivity index (χ3n) is 4.16. The molecule has 2 amide bonds. The second kappa shape index (κ2) is 13.0. The minimum absolute atomic E-state index is 0. The van der Waals surface area contributed by atoms with Crippen molar-refractivity contribution in [1.29, 1.82) is 0 Å². The molecule has 0 saturated heterocycles. The van der Waals surface area contributed by atoms with Gasteiger partial charge in [0.1, 0.15) is 0 Å². The summed E-state index contributed by atoms with van der Waals surface area (Å²) >= 11 is 0. The Morgan fingerprint density at radius 1 is 0.929 bits per heavy atom. The zero-order valence-corrected chi connectivity index (χ0v) is 17.7. The summed E-state index contributed by atoms with van der Waals surface area (Å²) in [6.07, 6.45) is 0. The standard InChI is InChI=1S/C20H26N4O2.2ClH/c1-3-24(4-2)13-12-22-19(25)15-8-10-18(11-9-15)23-20(26)16-6-5-7-17(21)14-16;;/h5-11,14H,3-4,12-13,21H2,1-2H3,(H,22,25)(H,23,26);2*1H. The van der Waals surface area contributed by atoms with Crippen LogP contribution in [0.2, 0.25) is 0 Å². The maximum absolute atomic E-state index is 12.2. The number of halogens is 2. The number of nitrogens with two attached hydrogens (primary N) is 1. The number of likely N-dealkylation sites (N-methyl/N-ethyl adjacent to an activating group) is 1. The quantitative estimate of drug-likeness (QED) is 0.564. The van der Waals surface area contributed by atoms with Crippen LogP contribution in [0.3, 0.4) is 0 Å². The number of amides is 2. The van der Waals surface area contributed by atoms with Crippen molar-refractivity contribution in [3.8, 4) is 0 Å². The van der Waals surface area contributed by atoms with E-state index in [9.17, 15) is 9.59 Å². The summed E-state index contributed by atoms with van der Waals surface area (Å²) in [5, 5.41) is 5.70. The molecule has 0 heterocycles. The van der Waals surface area contributed by atoms with Crippen molar-refractivity contribution in [2.24, 2.45) is 0 Å². The second-order valence-corrected chi connectivity index (χ2v) is 5.94. The molecule has 0 aliphatic heterocycles. The maximum Gasteiger partial charge on any atom is 0.255 e. The Labute approximate surface area is 178 Å². The Balaban J connectivity index is 0.00000364. The lowest BCUT2D eigenvalue weighted by Crippen LogP contribution is -2.34. The van der Waals surface area contributed by atoms with Gasteiger partial charge in [-0.25, -0.2) is 0 Å². The predicted molar refractivity (Wildman–Crippen MR) is 120 cm³/mol. The van der Waals surface area contributed by atoms with Gasteiger partial charge in [-0.15, -0.1) is 24.8 Å².